The van der Waals surface area contributed by atoms with E-state index in [2.05, 4.69) is 37.7 Å². The Kier molecular flexibility index (Phi) is 9.31. The van der Waals surface area contributed by atoms with E-state index in [0.717, 1.165) is 35.8 Å². The Hall–Kier alpha value is -1.72. The first-order valence-electron chi connectivity index (χ1n) is 9.08. The highest BCUT2D eigenvalue weighted by atomic mass is 127. The van der Waals surface area contributed by atoms with Crippen LogP contribution < -0.4 is 10.6 Å². The molecule has 2 aromatic heterocycles. The number of thiazole rings is 1. The number of halogens is 2. The third kappa shape index (κ3) is 6.93. The monoisotopic (exact) mass is 546 g/mol. The number of hydrogen-bond donors (Lipinski definition) is 2. The summed E-state index contributed by atoms with van der Waals surface area (Å²) in [6, 6.07) is 7.34. The van der Waals surface area contributed by atoms with Crippen LogP contribution in [0.5, 0.6) is 0 Å². The number of aliphatic imine (C=N–C) groups is 1. The predicted octanol–water partition coefficient (Wildman–Crippen LogP) is 4.38. The van der Waals surface area contributed by atoms with Crippen LogP contribution in [0.1, 0.15) is 28.4 Å². The fourth-order valence-electron chi connectivity index (χ4n) is 2.49. The highest BCUT2D eigenvalue weighted by Crippen LogP contribution is 2.20. The molecule has 7 nitrogen and oxygen atoms in total. The van der Waals surface area contributed by atoms with E-state index in [1.807, 2.05) is 26.0 Å². The van der Waals surface area contributed by atoms with Gasteiger partial charge in [-0.25, -0.2) is 9.98 Å². The van der Waals surface area contributed by atoms with Crippen LogP contribution in [0, 0.1) is 13.8 Å². The van der Waals surface area contributed by atoms with Crippen molar-refractivity contribution in [1.29, 1.82) is 0 Å². The van der Waals surface area contributed by atoms with Gasteiger partial charge in [0.05, 0.1) is 10.7 Å². The van der Waals surface area contributed by atoms with Crippen molar-refractivity contribution in [1.82, 2.24) is 25.8 Å². The van der Waals surface area contributed by atoms with Crippen LogP contribution in [0.15, 0.2) is 33.8 Å². The van der Waals surface area contributed by atoms with E-state index >= 15 is 0 Å². The Morgan fingerprint density at radius 2 is 2.07 bits per heavy atom. The van der Waals surface area contributed by atoms with Gasteiger partial charge in [0.1, 0.15) is 6.54 Å². The smallest absolute Gasteiger partial charge is 0.248 e. The maximum Gasteiger partial charge on any atom is 0.248 e. The number of hydrogen-bond acceptors (Lipinski definition) is 6. The highest BCUT2D eigenvalue weighted by molar-refractivity contribution is 14.0. The maximum absolute atomic E-state index is 6.01. The van der Waals surface area contributed by atoms with Gasteiger partial charge in [0, 0.05) is 35.0 Å². The third-order valence-corrected chi connectivity index (χ3v) is 5.34. The first-order valence-corrected chi connectivity index (χ1v) is 10.3. The summed E-state index contributed by atoms with van der Waals surface area (Å²) in [6.07, 6.45) is 0.850. The molecule has 0 saturated carbocycles. The van der Waals surface area contributed by atoms with Crippen molar-refractivity contribution in [3.63, 3.8) is 0 Å². The third-order valence-electron chi connectivity index (χ3n) is 3.97. The average molecular weight is 547 g/mol. The molecule has 29 heavy (non-hydrogen) atoms. The van der Waals surface area contributed by atoms with Crippen LogP contribution in [-0.4, -0.2) is 34.2 Å². The zero-order valence-electron chi connectivity index (χ0n) is 16.5. The first-order chi connectivity index (χ1) is 13.5. The lowest BCUT2D eigenvalue weighted by atomic mass is 10.2. The van der Waals surface area contributed by atoms with Gasteiger partial charge in [-0.2, -0.15) is 4.98 Å². The predicted molar refractivity (Wildman–Crippen MR) is 128 cm³/mol. The quantitative estimate of drug-likeness (QED) is 0.260. The van der Waals surface area contributed by atoms with E-state index in [1.165, 1.54) is 4.88 Å². The van der Waals surface area contributed by atoms with E-state index in [1.54, 1.807) is 23.5 Å². The topological polar surface area (TPSA) is 88.2 Å². The minimum atomic E-state index is 0. The molecule has 0 radical (unpaired) electrons. The van der Waals surface area contributed by atoms with Crippen LogP contribution in [0.3, 0.4) is 0 Å². The SMILES string of the molecule is CCNC(=NCc1nc(-c2cccc(Cl)c2)no1)NCCc1nc(C)c(C)s1.I. The lowest BCUT2D eigenvalue weighted by Gasteiger charge is -2.09. The van der Waals surface area contributed by atoms with Gasteiger partial charge < -0.3 is 15.2 Å². The van der Waals surface area contributed by atoms with Gasteiger partial charge in [-0.1, -0.05) is 28.9 Å². The fraction of sp³-hybridized carbons (Fsp3) is 0.368. The number of aryl methyl sites for hydroxylation is 2. The molecule has 0 saturated heterocycles. The van der Waals surface area contributed by atoms with Gasteiger partial charge in [0.15, 0.2) is 5.96 Å². The molecule has 156 valence electrons. The fourth-order valence-corrected chi connectivity index (χ4v) is 3.61. The van der Waals surface area contributed by atoms with E-state index in [-0.39, 0.29) is 24.0 Å². The zero-order valence-corrected chi connectivity index (χ0v) is 20.4. The maximum atomic E-state index is 6.01. The number of guanidine groups is 1. The van der Waals surface area contributed by atoms with Gasteiger partial charge in [0.25, 0.3) is 0 Å². The molecular formula is C19H24ClIN6OS. The van der Waals surface area contributed by atoms with Crippen molar-refractivity contribution in [2.24, 2.45) is 4.99 Å². The van der Waals surface area contributed by atoms with E-state index in [0.29, 0.717) is 29.2 Å². The second-order valence-electron chi connectivity index (χ2n) is 6.14. The summed E-state index contributed by atoms with van der Waals surface area (Å²) < 4.78 is 5.30. The molecule has 0 spiro atoms. The van der Waals surface area contributed by atoms with Crippen LogP contribution >= 0.6 is 46.9 Å². The number of rotatable bonds is 7. The molecule has 3 rings (SSSR count). The molecule has 0 amide bonds. The molecule has 0 aliphatic carbocycles. The Bertz CT molecular complexity index is 938. The lowest BCUT2D eigenvalue weighted by Crippen LogP contribution is -2.38. The minimum Gasteiger partial charge on any atom is -0.357 e. The molecular weight excluding hydrogens is 523 g/mol. The highest BCUT2D eigenvalue weighted by Gasteiger charge is 2.09. The molecule has 3 aromatic rings. The molecule has 2 heterocycles. The van der Waals surface area contributed by atoms with Gasteiger partial charge >= 0.3 is 0 Å². The zero-order chi connectivity index (χ0) is 19.9. The van der Waals surface area contributed by atoms with Crippen molar-refractivity contribution in [3.8, 4) is 11.4 Å². The summed E-state index contributed by atoms with van der Waals surface area (Å²) >= 11 is 7.75. The van der Waals surface area contributed by atoms with Gasteiger partial charge in [-0.05, 0) is 32.9 Å². The summed E-state index contributed by atoms with van der Waals surface area (Å²) in [4.78, 5) is 14.7. The Morgan fingerprint density at radius 1 is 1.24 bits per heavy atom. The number of benzene rings is 1. The molecule has 0 aliphatic rings. The van der Waals surface area contributed by atoms with Gasteiger partial charge in [-0.3, -0.25) is 0 Å². The Labute approximate surface area is 196 Å². The second-order valence-corrected chi connectivity index (χ2v) is 7.87. The van der Waals surface area contributed by atoms with Crippen molar-refractivity contribution in [2.45, 2.75) is 33.7 Å². The summed E-state index contributed by atoms with van der Waals surface area (Å²) in [5, 5.41) is 12.3. The van der Waals surface area contributed by atoms with Crippen LogP contribution in [-0.2, 0) is 13.0 Å². The van der Waals surface area contributed by atoms with Gasteiger partial charge in [0.2, 0.25) is 11.7 Å². The van der Waals surface area contributed by atoms with Crippen LogP contribution in [0.25, 0.3) is 11.4 Å². The van der Waals surface area contributed by atoms with Crippen molar-refractivity contribution < 1.29 is 4.52 Å². The lowest BCUT2D eigenvalue weighted by molar-refractivity contribution is 0.380. The minimum absolute atomic E-state index is 0. The standard InChI is InChI=1S/C19H23ClN6OS.HI/c1-4-21-19(22-9-8-17-24-12(2)13(3)28-17)23-11-16-25-18(26-27-16)14-6-5-7-15(20)10-14;/h5-7,10H,4,8-9,11H2,1-3H3,(H2,21,22,23);1H. The van der Waals surface area contributed by atoms with Crippen LogP contribution in [0.2, 0.25) is 5.02 Å². The first kappa shape index (κ1) is 23.6. The molecule has 10 heteroatoms. The van der Waals surface area contributed by atoms with Crippen molar-refractivity contribution in [3.05, 3.63) is 50.8 Å². The summed E-state index contributed by atoms with van der Waals surface area (Å²) in [6.45, 7) is 7.95. The van der Waals surface area contributed by atoms with E-state index in [4.69, 9.17) is 16.1 Å². The molecule has 1 aromatic carbocycles. The summed E-state index contributed by atoms with van der Waals surface area (Å²) in [5.74, 6) is 1.65. The summed E-state index contributed by atoms with van der Waals surface area (Å²) in [5.41, 5.74) is 1.91. The molecule has 0 bridgehead atoms. The molecule has 2 N–H and O–H groups in total. The van der Waals surface area contributed by atoms with Gasteiger partial charge in [-0.15, -0.1) is 35.3 Å². The van der Waals surface area contributed by atoms with E-state index < -0.39 is 0 Å². The Balaban J connectivity index is 0.00000300. The normalized spacial score (nSPS) is 11.2. The number of nitrogens with one attached hydrogen (secondary N) is 2. The molecule has 0 atom stereocenters. The number of aromatic nitrogens is 3. The Morgan fingerprint density at radius 3 is 2.76 bits per heavy atom. The molecule has 0 aliphatic heterocycles. The molecule has 0 fully saturated rings. The van der Waals surface area contributed by atoms with Crippen LogP contribution in [0.4, 0.5) is 0 Å². The van der Waals surface area contributed by atoms with Crippen molar-refractivity contribution >= 4 is 52.9 Å². The average Bonchev–Trinajstić information content (AvgIpc) is 3.26. The van der Waals surface area contributed by atoms with E-state index in [9.17, 15) is 0 Å². The second kappa shape index (κ2) is 11.5. The largest absolute Gasteiger partial charge is 0.357 e. The number of nitrogens with zero attached hydrogens (tertiary/aromatic N) is 4. The summed E-state index contributed by atoms with van der Waals surface area (Å²) in [7, 11) is 0. The van der Waals surface area contributed by atoms with Crippen molar-refractivity contribution in [2.75, 3.05) is 13.1 Å². The molecule has 0 unspecified atom stereocenters.